The zero-order chi connectivity index (χ0) is 12.1. The van der Waals surface area contributed by atoms with E-state index in [0.29, 0.717) is 0 Å². The minimum Gasteiger partial charge on any atom is -0.485 e. The van der Waals surface area contributed by atoms with Gasteiger partial charge in [-0.25, -0.2) is 0 Å². The van der Waals surface area contributed by atoms with E-state index in [-0.39, 0.29) is 29.6 Å². The molecule has 0 fully saturated rings. The Morgan fingerprint density at radius 3 is 2.88 bits per heavy atom. The van der Waals surface area contributed by atoms with Crippen LogP contribution in [0.25, 0.3) is 0 Å². The largest absolute Gasteiger partial charge is 0.485 e. The Hall–Kier alpha value is -2.13. The van der Waals surface area contributed by atoms with Gasteiger partial charge in [0, 0.05) is 12.1 Å². The normalized spacial score (nSPS) is 11.6. The summed E-state index contributed by atoms with van der Waals surface area (Å²) in [7, 11) is 0. The van der Waals surface area contributed by atoms with Crippen LogP contribution in [0.5, 0.6) is 5.75 Å². The summed E-state index contributed by atoms with van der Waals surface area (Å²) < 4.78 is 5.18. The molecule has 0 radical (unpaired) electrons. The molecule has 0 aliphatic rings. The Kier molecular flexibility index (Phi) is 3.80. The van der Waals surface area contributed by atoms with E-state index in [4.69, 9.17) is 15.7 Å². The third-order valence-electron chi connectivity index (χ3n) is 1.79. The fraction of sp³-hybridized carbons (Fsp3) is 0.300. The molecular weight excluding hydrogens is 210 g/mol. The van der Waals surface area contributed by atoms with Crippen molar-refractivity contribution in [3.05, 3.63) is 33.9 Å². The average Bonchev–Trinajstić information content (AvgIpc) is 2.25. The Bertz CT molecular complexity index is 437. The first-order valence-electron chi connectivity index (χ1n) is 4.61. The molecule has 0 saturated carbocycles. The van der Waals surface area contributed by atoms with E-state index < -0.39 is 4.92 Å². The van der Waals surface area contributed by atoms with E-state index in [1.807, 2.05) is 6.07 Å². The van der Waals surface area contributed by atoms with Gasteiger partial charge in [-0.15, -0.1) is 0 Å². The summed E-state index contributed by atoms with van der Waals surface area (Å²) in [5.41, 5.74) is 5.47. The van der Waals surface area contributed by atoms with Crippen molar-refractivity contribution < 1.29 is 9.66 Å². The number of nitriles is 1. The van der Waals surface area contributed by atoms with Gasteiger partial charge < -0.3 is 10.5 Å². The summed E-state index contributed by atoms with van der Waals surface area (Å²) in [5, 5.41) is 19.3. The summed E-state index contributed by atoms with van der Waals surface area (Å²) >= 11 is 0. The zero-order valence-electron chi connectivity index (χ0n) is 8.71. The lowest BCUT2D eigenvalue weighted by molar-refractivity contribution is -0.385. The van der Waals surface area contributed by atoms with Gasteiger partial charge in [-0.1, -0.05) is 0 Å². The topological polar surface area (TPSA) is 102 Å². The van der Waals surface area contributed by atoms with Crippen molar-refractivity contribution in [2.24, 2.45) is 5.73 Å². The van der Waals surface area contributed by atoms with E-state index in [1.165, 1.54) is 18.2 Å². The molecule has 1 unspecified atom stereocenters. The molecule has 84 valence electrons. The number of nitrogens with zero attached hydrogens (tertiary/aromatic N) is 2. The van der Waals surface area contributed by atoms with Crippen LogP contribution in [0.15, 0.2) is 18.2 Å². The minimum absolute atomic E-state index is 0.126. The maximum Gasteiger partial charge on any atom is 0.312 e. The third-order valence-corrected chi connectivity index (χ3v) is 1.79. The van der Waals surface area contributed by atoms with E-state index >= 15 is 0 Å². The predicted octanol–water partition coefficient (Wildman–Crippen LogP) is 1.19. The molecule has 0 bridgehead atoms. The van der Waals surface area contributed by atoms with Gasteiger partial charge in [0.05, 0.1) is 16.6 Å². The average molecular weight is 221 g/mol. The molecule has 1 rings (SSSR count). The first-order valence-corrected chi connectivity index (χ1v) is 4.61. The molecule has 0 aliphatic carbocycles. The number of hydrogen-bond donors (Lipinski definition) is 1. The van der Waals surface area contributed by atoms with Crippen LogP contribution in [0, 0.1) is 21.4 Å². The van der Waals surface area contributed by atoms with Crippen molar-refractivity contribution >= 4 is 5.69 Å². The van der Waals surface area contributed by atoms with E-state index in [9.17, 15) is 10.1 Å². The van der Waals surface area contributed by atoms with Crippen LogP contribution >= 0.6 is 0 Å². The Morgan fingerprint density at radius 2 is 2.38 bits per heavy atom. The third kappa shape index (κ3) is 2.93. The zero-order valence-corrected chi connectivity index (χ0v) is 8.71. The van der Waals surface area contributed by atoms with Gasteiger partial charge in [0.15, 0.2) is 5.75 Å². The lowest BCUT2D eigenvalue weighted by Gasteiger charge is -2.08. The maximum atomic E-state index is 10.7. The smallest absolute Gasteiger partial charge is 0.312 e. The van der Waals surface area contributed by atoms with Gasteiger partial charge in [0.1, 0.15) is 6.61 Å². The number of rotatable bonds is 4. The highest BCUT2D eigenvalue weighted by Gasteiger charge is 2.16. The van der Waals surface area contributed by atoms with Gasteiger partial charge in [-0.2, -0.15) is 5.26 Å². The summed E-state index contributed by atoms with van der Waals surface area (Å²) in [4.78, 5) is 10.1. The SMILES string of the molecule is CC(N)COc1ccc(C#N)cc1[N+](=O)[O-]. The van der Waals surface area contributed by atoms with Crippen molar-refractivity contribution in [2.75, 3.05) is 6.61 Å². The first kappa shape index (κ1) is 11.9. The molecule has 1 atom stereocenters. The van der Waals surface area contributed by atoms with E-state index in [2.05, 4.69) is 0 Å². The lowest BCUT2D eigenvalue weighted by Crippen LogP contribution is -2.23. The fourth-order valence-corrected chi connectivity index (χ4v) is 1.07. The van der Waals surface area contributed by atoms with Crippen molar-refractivity contribution in [3.63, 3.8) is 0 Å². The molecule has 0 spiro atoms. The molecule has 0 heterocycles. The van der Waals surface area contributed by atoms with Gasteiger partial charge >= 0.3 is 5.69 Å². The van der Waals surface area contributed by atoms with Gasteiger partial charge in [-0.05, 0) is 19.1 Å². The molecule has 0 aromatic heterocycles. The van der Waals surface area contributed by atoms with Gasteiger partial charge in [-0.3, -0.25) is 10.1 Å². The number of benzene rings is 1. The first-order chi connectivity index (χ1) is 7.54. The minimum atomic E-state index is -0.586. The van der Waals surface area contributed by atoms with Crippen molar-refractivity contribution in [1.82, 2.24) is 0 Å². The van der Waals surface area contributed by atoms with Gasteiger partial charge in [0.2, 0.25) is 0 Å². The highest BCUT2D eigenvalue weighted by molar-refractivity contribution is 5.51. The molecule has 1 aromatic rings. The predicted molar refractivity (Wildman–Crippen MR) is 57.0 cm³/mol. The van der Waals surface area contributed by atoms with Crippen LogP contribution in [0.1, 0.15) is 12.5 Å². The molecule has 0 saturated heterocycles. The maximum absolute atomic E-state index is 10.7. The monoisotopic (exact) mass is 221 g/mol. The van der Waals surface area contributed by atoms with Crippen LogP contribution in [-0.2, 0) is 0 Å². The Morgan fingerprint density at radius 1 is 1.69 bits per heavy atom. The molecular formula is C10H11N3O3. The number of nitro benzene ring substituents is 1. The second-order valence-corrected chi connectivity index (χ2v) is 3.34. The van der Waals surface area contributed by atoms with Crippen molar-refractivity contribution in [3.8, 4) is 11.8 Å². The van der Waals surface area contributed by atoms with Crippen LogP contribution < -0.4 is 10.5 Å². The van der Waals surface area contributed by atoms with Crippen LogP contribution in [0.2, 0.25) is 0 Å². The fourth-order valence-electron chi connectivity index (χ4n) is 1.07. The summed E-state index contributed by atoms with van der Waals surface area (Å²) in [5.74, 6) is 0.126. The Balaban J connectivity index is 3.00. The molecule has 6 heteroatoms. The molecule has 1 aromatic carbocycles. The van der Waals surface area contributed by atoms with E-state index in [0.717, 1.165) is 0 Å². The Labute approximate surface area is 92.4 Å². The number of nitro groups is 1. The summed E-state index contributed by atoms with van der Waals surface area (Å²) in [6.45, 7) is 1.92. The van der Waals surface area contributed by atoms with Gasteiger partial charge in [0.25, 0.3) is 0 Å². The number of hydrogen-bond acceptors (Lipinski definition) is 5. The number of ether oxygens (including phenoxy) is 1. The summed E-state index contributed by atoms with van der Waals surface area (Å²) in [6.07, 6.45) is 0. The molecule has 16 heavy (non-hydrogen) atoms. The molecule has 2 N–H and O–H groups in total. The van der Waals surface area contributed by atoms with Crippen LogP contribution in [0.4, 0.5) is 5.69 Å². The lowest BCUT2D eigenvalue weighted by atomic mass is 10.2. The van der Waals surface area contributed by atoms with Crippen LogP contribution in [0.3, 0.4) is 0 Å². The molecule has 0 amide bonds. The van der Waals surface area contributed by atoms with Crippen molar-refractivity contribution in [1.29, 1.82) is 5.26 Å². The number of nitrogens with two attached hydrogens (primary N) is 1. The molecule has 0 aliphatic heterocycles. The summed E-state index contributed by atoms with van der Waals surface area (Å²) in [6, 6.07) is 5.66. The molecule has 6 nitrogen and oxygen atoms in total. The van der Waals surface area contributed by atoms with E-state index in [1.54, 1.807) is 6.92 Å². The van der Waals surface area contributed by atoms with Crippen LogP contribution in [-0.4, -0.2) is 17.6 Å². The standard InChI is InChI=1S/C10H11N3O3/c1-7(12)6-16-10-3-2-8(5-11)4-9(10)13(14)15/h2-4,7H,6,12H2,1H3. The second kappa shape index (κ2) is 5.09. The highest BCUT2D eigenvalue weighted by atomic mass is 16.6. The van der Waals surface area contributed by atoms with Crippen molar-refractivity contribution in [2.45, 2.75) is 13.0 Å². The second-order valence-electron chi connectivity index (χ2n) is 3.34. The quantitative estimate of drug-likeness (QED) is 0.607. The highest BCUT2D eigenvalue weighted by Crippen LogP contribution is 2.27.